The molecular formula is C21H23N3O6. The number of ether oxygens (including phenoxy) is 2. The van der Waals surface area contributed by atoms with Crippen LogP contribution in [0.15, 0.2) is 48.5 Å². The number of esters is 1. The summed E-state index contributed by atoms with van der Waals surface area (Å²) in [5, 5.41) is 11.0. The summed E-state index contributed by atoms with van der Waals surface area (Å²) >= 11 is 0. The van der Waals surface area contributed by atoms with E-state index in [1.165, 1.54) is 26.2 Å². The van der Waals surface area contributed by atoms with Gasteiger partial charge in [-0.1, -0.05) is 18.2 Å². The highest BCUT2D eigenvalue weighted by molar-refractivity contribution is 5.95. The molecule has 1 fully saturated rings. The lowest BCUT2D eigenvalue weighted by molar-refractivity contribution is -0.384. The summed E-state index contributed by atoms with van der Waals surface area (Å²) in [5.41, 5.74) is 0.737. The highest BCUT2D eigenvalue weighted by Gasteiger charge is 2.29. The summed E-state index contributed by atoms with van der Waals surface area (Å²) in [6.07, 6.45) is -1.02. The van der Waals surface area contributed by atoms with E-state index in [4.69, 9.17) is 9.47 Å². The van der Waals surface area contributed by atoms with Crippen LogP contribution in [-0.2, 0) is 9.53 Å². The monoisotopic (exact) mass is 413 g/mol. The van der Waals surface area contributed by atoms with Crippen molar-refractivity contribution in [1.82, 2.24) is 4.90 Å². The van der Waals surface area contributed by atoms with E-state index in [2.05, 4.69) is 4.90 Å². The van der Waals surface area contributed by atoms with Crippen LogP contribution in [0.25, 0.3) is 0 Å². The number of hydrogen-bond acceptors (Lipinski definition) is 7. The number of hydrogen-bond donors (Lipinski definition) is 0. The number of para-hydroxylation sites is 1. The van der Waals surface area contributed by atoms with Gasteiger partial charge in [-0.25, -0.2) is 4.79 Å². The van der Waals surface area contributed by atoms with E-state index >= 15 is 0 Å². The fourth-order valence-corrected chi connectivity index (χ4v) is 3.32. The Morgan fingerprint density at radius 1 is 1.07 bits per heavy atom. The first-order valence-electron chi connectivity index (χ1n) is 9.53. The summed E-state index contributed by atoms with van der Waals surface area (Å²) < 4.78 is 10.4. The van der Waals surface area contributed by atoms with Crippen molar-refractivity contribution in [2.45, 2.75) is 13.0 Å². The smallest absolute Gasteiger partial charge is 0.342 e. The number of carbonyl (C=O) groups is 2. The van der Waals surface area contributed by atoms with E-state index < -0.39 is 17.0 Å². The molecule has 0 aliphatic carbocycles. The third kappa shape index (κ3) is 4.68. The zero-order valence-corrected chi connectivity index (χ0v) is 16.8. The zero-order chi connectivity index (χ0) is 21.7. The van der Waals surface area contributed by atoms with E-state index in [0.29, 0.717) is 26.2 Å². The minimum absolute atomic E-state index is 0.0970. The molecular weight excluding hydrogens is 390 g/mol. The van der Waals surface area contributed by atoms with Crippen molar-refractivity contribution in [3.05, 3.63) is 64.2 Å². The molecule has 1 heterocycles. The van der Waals surface area contributed by atoms with E-state index in [9.17, 15) is 19.7 Å². The molecule has 0 saturated carbocycles. The first kappa shape index (κ1) is 21.1. The molecule has 2 aromatic carbocycles. The molecule has 2 aromatic rings. The van der Waals surface area contributed by atoms with Gasteiger partial charge in [0.05, 0.1) is 12.0 Å². The number of piperazine rings is 1. The van der Waals surface area contributed by atoms with Gasteiger partial charge in [-0.05, 0) is 25.1 Å². The summed E-state index contributed by atoms with van der Waals surface area (Å²) in [6, 6.07) is 13.6. The van der Waals surface area contributed by atoms with Crippen molar-refractivity contribution in [2.75, 3.05) is 38.2 Å². The third-order valence-electron chi connectivity index (χ3n) is 4.96. The molecule has 0 unspecified atom stereocenters. The van der Waals surface area contributed by atoms with Gasteiger partial charge in [-0.15, -0.1) is 0 Å². The van der Waals surface area contributed by atoms with Gasteiger partial charge >= 0.3 is 5.97 Å². The van der Waals surface area contributed by atoms with Gasteiger partial charge in [-0.3, -0.25) is 14.9 Å². The maximum absolute atomic E-state index is 12.7. The fourth-order valence-electron chi connectivity index (χ4n) is 3.32. The summed E-state index contributed by atoms with van der Waals surface area (Å²) in [7, 11) is 1.35. The highest BCUT2D eigenvalue weighted by Crippen LogP contribution is 2.25. The summed E-state index contributed by atoms with van der Waals surface area (Å²) in [5.74, 6) is -1.01. The lowest BCUT2D eigenvalue weighted by Crippen LogP contribution is -2.51. The van der Waals surface area contributed by atoms with Crippen LogP contribution in [0.4, 0.5) is 11.4 Å². The zero-order valence-electron chi connectivity index (χ0n) is 16.8. The lowest BCUT2D eigenvalue weighted by atomic mass is 10.1. The van der Waals surface area contributed by atoms with Crippen LogP contribution < -0.4 is 9.64 Å². The molecule has 3 rings (SSSR count). The highest BCUT2D eigenvalue weighted by atomic mass is 16.6. The number of rotatable bonds is 6. The Morgan fingerprint density at radius 3 is 2.33 bits per heavy atom. The Morgan fingerprint density at radius 2 is 1.73 bits per heavy atom. The molecule has 0 bridgehead atoms. The standard InChI is InChI=1S/C21H23N3O6/c1-15(30-21(26)18-14-17(24(27)28)8-9-19(18)29-2)20(25)23-12-10-22(11-13-23)16-6-4-3-5-7-16/h3-9,14-15H,10-13H2,1-2H3/t15-/m0/s1. The number of nitro benzene ring substituents is 1. The summed E-state index contributed by atoms with van der Waals surface area (Å²) in [4.78, 5) is 39.5. The predicted octanol–water partition coefficient (Wildman–Crippen LogP) is 2.50. The van der Waals surface area contributed by atoms with Crippen LogP contribution in [-0.4, -0.2) is 61.1 Å². The van der Waals surface area contributed by atoms with Crippen LogP contribution in [0.3, 0.4) is 0 Å². The van der Waals surface area contributed by atoms with E-state index in [1.807, 2.05) is 30.3 Å². The van der Waals surface area contributed by atoms with E-state index in [1.54, 1.807) is 4.90 Å². The van der Waals surface area contributed by atoms with Crippen LogP contribution in [0.5, 0.6) is 5.75 Å². The maximum atomic E-state index is 12.7. The molecule has 0 N–H and O–H groups in total. The maximum Gasteiger partial charge on any atom is 0.342 e. The van der Waals surface area contributed by atoms with Crippen LogP contribution in [0, 0.1) is 10.1 Å². The van der Waals surface area contributed by atoms with Gasteiger partial charge in [0.2, 0.25) is 0 Å². The number of non-ortho nitro benzene ring substituents is 1. The molecule has 9 heteroatoms. The molecule has 1 amide bonds. The number of nitro groups is 1. The fraction of sp³-hybridized carbons (Fsp3) is 0.333. The minimum atomic E-state index is -1.02. The molecule has 1 aliphatic heterocycles. The number of carbonyl (C=O) groups excluding carboxylic acids is 2. The van der Waals surface area contributed by atoms with Gasteiger partial charge in [0.25, 0.3) is 11.6 Å². The Labute approximate surface area is 173 Å². The van der Waals surface area contributed by atoms with Crippen molar-refractivity contribution in [3.63, 3.8) is 0 Å². The predicted molar refractivity (Wildman–Crippen MR) is 110 cm³/mol. The SMILES string of the molecule is COc1ccc([N+](=O)[O-])cc1C(=O)O[C@@H](C)C(=O)N1CCN(c2ccccc2)CC1. The number of nitrogens with zero attached hydrogens (tertiary/aromatic N) is 3. The van der Waals surface area contributed by atoms with Crippen molar-refractivity contribution < 1.29 is 24.0 Å². The first-order chi connectivity index (χ1) is 14.4. The molecule has 0 aromatic heterocycles. The second kappa shape index (κ2) is 9.25. The molecule has 1 atom stereocenters. The Bertz CT molecular complexity index is 926. The molecule has 0 radical (unpaired) electrons. The first-order valence-corrected chi connectivity index (χ1v) is 9.53. The topological polar surface area (TPSA) is 102 Å². The molecule has 30 heavy (non-hydrogen) atoms. The second-order valence-corrected chi connectivity index (χ2v) is 6.84. The van der Waals surface area contributed by atoms with Crippen LogP contribution >= 0.6 is 0 Å². The van der Waals surface area contributed by atoms with Gasteiger partial charge in [0, 0.05) is 44.0 Å². The molecule has 9 nitrogen and oxygen atoms in total. The molecule has 158 valence electrons. The van der Waals surface area contributed by atoms with Gasteiger partial charge in [0.15, 0.2) is 6.10 Å². The van der Waals surface area contributed by atoms with Crippen molar-refractivity contribution in [2.24, 2.45) is 0 Å². The van der Waals surface area contributed by atoms with Crippen LogP contribution in [0.1, 0.15) is 17.3 Å². The normalized spacial score (nSPS) is 14.7. The summed E-state index contributed by atoms with van der Waals surface area (Å²) in [6.45, 7) is 3.86. The van der Waals surface area contributed by atoms with Gasteiger partial charge in [0.1, 0.15) is 11.3 Å². The Kier molecular flexibility index (Phi) is 6.51. The van der Waals surface area contributed by atoms with Crippen molar-refractivity contribution >= 4 is 23.3 Å². The van der Waals surface area contributed by atoms with E-state index in [0.717, 1.165) is 11.8 Å². The van der Waals surface area contributed by atoms with Gasteiger partial charge < -0.3 is 19.3 Å². The van der Waals surface area contributed by atoms with Crippen molar-refractivity contribution in [1.29, 1.82) is 0 Å². The molecule has 0 spiro atoms. The average Bonchev–Trinajstić information content (AvgIpc) is 2.78. The number of methoxy groups -OCH3 is 1. The second-order valence-electron chi connectivity index (χ2n) is 6.84. The minimum Gasteiger partial charge on any atom is -0.496 e. The number of anilines is 1. The quantitative estimate of drug-likeness (QED) is 0.407. The average molecular weight is 413 g/mol. The third-order valence-corrected chi connectivity index (χ3v) is 4.96. The van der Waals surface area contributed by atoms with Crippen molar-refractivity contribution in [3.8, 4) is 5.75 Å². The lowest BCUT2D eigenvalue weighted by Gasteiger charge is -2.37. The molecule has 1 saturated heterocycles. The largest absolute Gasteiger partial charge is 0.496 e. The molecule has 1 aliphatic rings. The van der Waals surface area contributed by atoms with E-state index in [-0.39, 0.29) is 22.9 Å². The Balaban J connectivity index is 1.61. The number of amides is 1. The number of benzene rings is 2. The van der Waals surface area contributed by atoms with Gasteiger partial charge in [-0.2, -0.15) is 0 Å². The van der Waals surface area contributed by atoms with Crippen LogP contribution in [0.2, 0.25) is 0 Å². The Hall–Kier alpha value is -3.62.